The molecule has 0 saturated heterocycles. The summed E-state index contributed by atoms with van der Waals surface area (Å²) in [7, 11) is 0. The molecule has 0 aliphatic heterocycles. The molecule has 0 spiro atoms. The largest absolute Gasteiger partial charge is 0.399 e. The zero-order chi connectivity index (χ0) is 47.1. The quantitative estimate of drug-likeness (QED) is 0.0309. The third-order valence-electron chi connectivity index (χ3n) is 10.4. The lowest BCUT2D eigenvalue weighted by molar-refractivity contribution is -0.117. The van der Waals surface area contributed by atoms with E-state index < -0.39 is 6.04 Å². The lowest BCUT2D eigenvalue weighted by Gasteiger charge is -2.12. The molecule has 0 aliphatic carbocycles. The summed E-state index contributed by atoms with van der Waals surface area (Å²) in [5.41, 5.74) is 23.0. The summed E-state index contributed by atoms with van der Waals surface area (Å²) in [6.45, 7) is 1.36. The molecule has 67 heavy (non-hydrogen) atoms. The summed E-state index contributed by atoms with van der Waals surface area (Å²) >= 11 is 0. The normalized spacial score (nSPS) is 11.3. The molecule has 4 heterocycles. The van der Waals surface area contributed by atoms with Gasteiger partial charge >= 0.3 is 0 Å². The standard InChI is InChI=1S/C26H29N9O3.C20H17N7O2/c27-13-4-3-6-19(29)26(37)31-18-11-9-17(10-12-18)22(36)16-35-21-8-2-1-7-20(21)32-25(35)23-24(34-38-33-23)30-15-5-14-28;21-10-3-11-23-19-18(25-29-26-19)20-24-15-4-1-2-5-16(15)27(20)12-17(28)13-6-8-14(22)9-7-13/h1-2,7-12,19H,3-6,13,15-16,27,29H2,(H,30,34)(H,31,37);1-2,4-9H,3,11-12,22H2,(H,23,26)/t19-;/m0./s1. The highest BCUT2D eigenvalue weighted by atomic mass is 16.6. The van der Waals surface area contributed by atoms with Crippen LogP contribution in [0.3, 0.4) is 0 Å². The highest BCUT2D eigenvalue weighted by molar-refractivity contribution is 5.99. The van der Waals surface area contributed by atoms with Crippen LogP contribution in [0.15, 0.2) is 106 Å². The molecule has 21 heteroatoms. The average molecular weight is 903 g/mol. The van der Waals surface area contributed by atoms with Crippen molar-refractivity contribution in [1.29, 1.82) is 10.5 Å². The number of nitrogens with one attached hydrogen (secondary N) is 3. The van der Waals surface area contributed by atoms with Gasteiger partial charge in [-0.25, -0.2) is 19.2 Å². The van der Waals surface area contributed by atoms with E-state index >= 15 is 0 Å². The van der Waals surface area contributed by atoms with Crippen LogP contribution in [0.4, 0.5) is 23.0 Å². The maximum atomic E-state index is 13.3. The number of aromatic nitrogens is 8. The van der Waals surface area contributed by atoms with Gasteiger partial charge in [0.1, 0.15) is 0 Å². The van der Waals surface area contributed by atoms with Crippen LogP contribution in [-0.4, -0.2) is 82.9 Å². The molecule has 0 radical (unpaired) electrons. The maximum absolute atomic E-state index is 13.3. The second kappa shape index (κ2) is 22.2. The van der Waals surface area contributed by atoms with Crippen LogP contribution in [0, 0.1) is 22.7 Å². The first-order valence-electron chi connectivity index (χ1n) is 21.3. The van der Waals surface area contributed by atoms with Crippen LogP contribution in [0.1, 0.15) is 52.8 Å². The van der Waals surface area contributed by atoms with Crippen molar-refractivity contribution in [3.8, 4) is 35.2 Å². The highest BCUT2D eigenvalue weighted by Gasteiger charge is 2.24. The van der Waals surface area contributed by atoms with Crippen molar-refractivity contribution in [2.75, 3.05) is 41.3 Å². The third kappa shape index (κ3) is 11.3. The van der Waals surface area contributed by atoms with E-state index in [4.69, 9.17) is 37.0 Å². The first kappa shape index (κ1) is 46.2. The number of nitrogens with two attached hydrogens (primary N) is 3. The smallest absolute Gasteiger partial charge is 0.241 e. The van der Waals surface area contributed by atoms with Gasteiger partial charge in [0.2, 0.25) is 17.5 Å². The summed E-state index contributed by atoms with van der Waals surface area (Å²) in [4.78, 5) is 47.8. The van der Waals surface area contributed by atoms with E-state index in [1.165, 1.54) is 0 Å². The number of Topliss-reactive ketones (excluding diaryl/α,β-unsaturated/α-hetero) is 2. The molecule has 0 fully saturated rings. The molecule has 1 atom stereocenters. The van der Waals surface area contributed by atoms with E-state index in [2.05, 4.69) is 58.7 Å². The molecule has 4 aromatic heterocycles. The zero-order valence-corrected chi connectivity index (χ0v) is 36.1. The Kier molecular flexibility index (Phi) is 15.3. The van der Waals surface area contributed by atoms with Gasteiger partial charge in [-0.1, -0.05) is 30.7 Å². The topological polar surface area (TPSA) is 326 Å². The number of carbonyl (C=O) groups is 3. The van der Waals surface area contributed by atoms with Gasteiger partial charge in [-0.2, -0.15) is 10.5 Å². The minimum absolute atomic E-state index is 0.0158. The number of amides is 1. The molecular formula is C46H46N16O5. The number of unbranched alkanes of at least 4 members (excludes halogenated alkanes) is 1. The fraction of sp³-hybridized carbons (Fsp3) is 0.239. The predicted molar refractivity (Wildman–Crippen MR) is 249 cm³/mol. The molecule has 21 nitrogen and oxygen atoms in total. The minimum Gasteiger partial charge on any atom is -0.399 e. The molecule has 8 aromatic rings. The van der Waals surface area contributed by atoms with Crippen LogP contribution in [0.5, 0.6) is 0 Å². The number of rotatable bonds is 20. The van der Waals surface area contributed by atoms with Gasteiger partial charge in [-0.05, 0) is 113 Å². The Hall–Kier alpha value is -8.79. The molecule has 8 rings (SSSR count). The molecule has 0 bridgehead atoms. The van der Waals surface area contributed by atoms with E-state index in [0.717, 1.165) is 29.4 Å². The molecule has 4 aromatic carbocycles. The number of nitrogens with zero attached hydrogens (tertiary/aromatic N) is 10. The van der Waals surface area contributed by atoms with Crippen molar-refractivity contribution in [3.63, 3.8) is 0 Å². The summed E-state index contributed by atoms with van der Waals surface area (Å²) in [5.74, 6) is 1.04. The number of hydrogen-bond donors (Lipinski definition) is 6. The number of ketones is 2. The number of nitriles is 2. The van der Waals surface area contributed by atoms with Crippen LogP contribution < -0.4 is 33.2 Å². The van der Waals surface area contributed by atoms with Gasteiger partial charge in [0.05, 0.1) is 66.2 Å². The maximum Gasteiger partial charge on any atom is 0.241 e. The SMILES string of the molecule is N#CCCNc1nonc1-c1nc2ccccc2n1CC(=O)c1ccc(N)cc1.N#CCCNc1nonc1-c1nc2ccccc2n1CC(=O)c1ccc(NC(=O)[C@@H](N)CCCCN)cc1. The number of imidazole rings is 2. The molecule has 0 aliphatic rings. The Labute approximate surface area is 382 Å². The average Bonchev–Trinajstić information content (AvgIpc) is 4.16. The van der Waals surface area contributed by atoms with Crippen LogP contribution in [0.25, 0.3) is 45.1 Å². The summed E-state index contributed by atoms with van der Waals surface area (Å²) in [5, 5.41) is 42.1. The Morgan fingerprint density at radius 2 is 1.13 bits per heavy atom. The second-order valence-corrected chi connectivity index (χ2v) is 15.0. The van der Waals surface area contributed by atoms with Gasteiger partial charge in [-0.3, -0.25) is 14.4 Å². The molecular weight excluding hydrogens is 857 g/mol. The monoisotopic (exact) mass is 902 g/mol. The fourth-order valence-electron chi connectivity index (χ4n) is 6.96. The third-order valence-corrected chi connectivity index (χ3v) is 10.4. The van der Waals surface area contributed by atoms with Gasteiger partial charge in [-0.15, -0.1) is 0 Å². The van der Waals surface area contributed by atoms with E-state index in [1.54, 1.807) is 57.7 Å². The van der Waals surface area contributed by atoms with E-state index in [0.29, 0.717) is 95.2 Å². The summed E-state index contributed by atoms with van der Waals surface area (Å²) in [6.07, 6.45) is 2.73. The van der Waals surface area contributed by atoms with Gasteiger partial charge in [0, 0.05) is 35.6 Å². The van der Waals surface area contributed by atoms with Crippen LogP contribution >= 0.6 is 0 Å². The fourth-order valence-corrected chi connectivity index (χ4v) is 6.96. The lowest BCUT2D eigenvalue weighted by atomic mass is 10.1. The van der Waals surface area contributed by atoms with Gasteiger partial charge < -0.3 is 42.3 Å². The second-order valence-electron chi connectivity index (χ2n) is 15.0. The Morgan fingerprint density at radius 3 is 1.61 bits per heavy atom. The van der Waals surface area contributed by atoms with Gasteiger partial charge in [0.15, 0.2) is 34.6 Å². The number of hydrogen-bond acceptors (Lipinski definition) is 18. The number of para-hydroxylation sites is 4. The number of benzene rings is 4. The minimum atomic E-state index is -0.624. The molecule has 340 valence electrons. The van der Waals surface area contributed by atoms with Crippen molar-refractivity contribution in [1.82, 2.24) is 39.7 Å². The molecule has 0 unspecified atom stereocenters. The van der Waals surface area contributed by atoms with E-state index in [-0.39, 0.29) is 37.0 Å². The number of carbonyl (C=O) groups excluding carboxylic acids is 3. The number of nitrogen functional groups attached to an aromatic ring is 1. The van der Waals surface area contributed by atoms with Gasteiger partial charge in [0.25, 0.3) is 0 Å². The van der Waals surface area contributed by atoms with Crippen molar-refractivity contribution >= 4 is 62.6 Å². The Balaban J connectivity index is 0.000000206. The highest BCUT2D eigenvalue weighted by Crippen LogP contribution is 2.30. The van der Waals surface area contributed by atoms with Crippen LogP contribution in [-0.2, 0) is 17.9 Å². The first-order valence-corrected chi connectivity index (χ1v) is 21.3. The molecule has 0 saturated carbocycles. The van der Waals surface area contributed by atoms with Crippen LogP contribution in [0.2, 0.25) is 0 Å². The van der Waals surface area contributed by atoms with Crippen molar-refractivity contribution in [3.05, 3.63) is 108 Å². The number of anilines is 4. The van der Waals surface area contributed by atoms with Crippen molar-refractivity contribution in [2.24, 2.45) is 11.5 Å². The first-order chi connectivity index (χ1) is 32.7. The molecule has 9 N–H and O–H groups in total. The summed E-state index contributed by atoms with van der Waals surface area (Å²) in [6, 6.07) is 31.8. The lowest BCUT2D eigenvalue weighted by Crippen LogP contribution is -2.35. The predicted octanol–water partition coefficient (Wildman–Crippen LogP) is 5.57. The molecule has 1 amide bonds. The number of fused-ring (bicyclic) bond motifs is 2. The van der Waals surface area contributed by atoms with E-state index in [1.807, 2.05) is 48.5 Å². The Bertz CT molecular complexity index is 3050. The Morgan fingerprint density at radius 1 is 0.657 bits per heavy atom. The van der Waals surface area contributed by atoms with Crippen molar-refractivity contribution in [2.45, 2.75) is 51.2 Å². The van der Waals surface area contributed by atoms with Crippen molar-refractivity contribution < 1.29 is 23.6 Å². The summed E-state index contributed by atoms with van der Waals surface area (Å²) < 4.78 is 13.3. The van der Waals surface area contributed by atoms with E-state index in [9.17, 15) is 14.4 Å². The zero-order valence-electron chi connectivity index (χ0n) is 36.1.